The molecule has 18 atom stereocenters. The van der Waals surface area contributed by atoms with Crippen molar-refractivity contribution in [1.29, 1.82) is 0 Å². The van der Waals surface area contributed by atoms with Crippen LogP contribution in [0, 0.1) is 23.7 Å². The number of rotatable bonds is 11. The molecule has 3 saturated heterocycles. The number of aliphatic hydroxyl groups is 4. The SMILES string of the molecule is CCC1OC(=O)[C@H](C)C(O[C@H]2C[C@@](C)(OC)[C@@H](O)[C@H](C)O2)[C@H](C)[C@@H](O[C@@H]2O[C@H](C)C[C@H](N(C)C)[C@H]2O)[C@](C)(OC/C=C/c2ccccc2)C[C@@H](C)C(=O)[C@H](C)[C@@H](O)[C@]1(C)O. The zero-order valence-corrected chi connectivity index (χ0v) is 38.1. The molecule has 0 spiro atoms. The van der Waals surface area contributed by atoms with E-state index in [1.54, 1.807) is 41.5 Å². The lowest BCUT2D eigenvalue weighted by atomic mass is 9.73. The molecule has 1 aromatic rings. The Kier molecular flexibility index (Phi) is 17.5. The molecular weight excluding hydrogens is 774 g/mol. The standard InChI is InChI=1S/C46H75NO13/c1-14-34-46(10,53)39(50)28(4)36(48)26(2)24-45(9,55-22-18-21-32-19-16-15-17-20-32)41(60-43-37(49)33(47(11)12)23-27(3)56-43)29(5)38(30(6)42(52)58-34)59-35-25-44(8,54-13)40(51)31(7)57-35/h15-21,26-31,33-35,37-41,43,49-51,53H,14,22-25H2,1-13H3/b21-18+/t26-,27-,28+,29+,30-,31+,33+,34?,35+,37-,38?,39-,40+,41-,43+,44-,45-,46-/m1/s1. The molecule has 14 heteroatoms. The average molecular weight is 850 g/mol. The lowest BCUT2D eigenvalue weighted by molar-refractivity contribution is -0.320. The molecule has 0 amide bonds. The van der Waals surface area contributed by atoms with Crippen molar-refractivity contribution in [2.45, 2.75) is 179 Å². The van der Waals surface area contributed by atoms with Crippen molar-refractivity contribution in [2.75, 3.05) is 27.8 Å². The van der Waals surface area contributed by atoms with Gasteiger partial charge < -0.3 is 58.5 Å². The summed E-state index contributed by atoms with van der Waals surface area (Å²) >= 11 is 0. The molecule has 1 aromatic carbocycles. The quantitative estimate of drug-likeness (QED) is 0.228. The van der Waals surface area contributed by atoms with Crippen LogP contribution in [0.4, 0.5) is 0 Å². The number of aliphatic hydroxyl groups excluding tert-OH is 3. The van der Waals surface area contributed by atoms with E-state index in [1.165, 1.54) is 14.0 Å². The van der Waals surface area contributed by atoms with Crippen molar-refractivity contribution in [1.82, 2.24) is 4.90 Å². The highest BCUT2D eigenvalue weighted by Crippen LogP contribution is 2.42. The summed E-state index contributed by atoms with van der Waals surface area (Å²) in [5.41, 5.74) is -3.44. The Labute approximate surface area is 357 Å². The van der Waals surface area contributed by atoms with Gasteiger partial charge in [-0.15, -0.1) is 0 Å². The molecule has 0 aromatic heterocycles. The van der Waals surface area contributed by atoms with Crippen molar-refractivity contribution in [3.63, 3.8) is 0 Å². The van der Waals surface area contributed by atoms with Crippen molar-refractivity contribution >= 4 is 17.8 Å². The fraction of sp³-hybridized carbons (Fsp3) is 0.783. The molecule has 14 nitrogen and oxygen atoms in total. The van der Waals surface area contributed by atoms with Gasteiger partial charge in [0, 0.05) is 37.3 Å². The minimum atomic E-state index is -1.99. The number of likely N-dealkylation sites (N-methyl/N-ethyl adjacent to an activating group) is 1. The van der Waals surface area contributed by atoms with Crippen LogP contribution in [-0.4, -0.2) is 149 Å². The summed E-state index contributed by atoms with van der Waals surface area (Å²) < 4.78 is 45.2. The second-order valence-electron chi connectivity index (χ2n) is 18.6. The molecule has 0 bridgehead atoms. The van der Waals surface area contributed by atoms with Crippen LogP contribution >= 0.6 is 0 Å². The first-order chi connectivity index (χ1) is 28.0. The predicted molar refractivity (Wildman–Crippen MR) is 225 cm³/mol. The van der Waals surface area contributed by atoms with Gasteiger partial charge in [-0.3, -0.25) is 9.59 Å². The number of hydrogen-bond donors (Lipinski definition) is 4. The molecule has 4 N–H and O–H groups in total. The maximum absolute atomic E-state index is 14.4. The number of ketones is 1. The number of hydrogen-bond acceptors (Lipinski definition) is 14. The van der Waals surface area contributed by atoms with E-state index in [4.69, 9.17) is 33.2 Å². The Morgan fingerprint density at radius 3 is 2.13 bits per heavy atom. The fourth-order valence-electron chi connectivity index (χ4n) is 9.51. The van der Waals surface area contributed by atoms with Gasteiger partial charge >= 0.3 is 5.97 Å². The zero-order chi connectivity index (χ0) is 44.9. The summed E-state index contributed by atoms with van der Waals surface area (Å²) in [6, 6.07) is 9.42. The Morgan fingerprint density at radius 2 is 1.53 bits per heavy atom. The van der Waals surface area contributed by atoms with Crippen LogP contribution in [0.25, 0.3) is 6.08 Å². The van der Waals surface area contributed by atoms with Crippen LogP contribution in [-0.2, 0) is 42.7 Å². The molecule has 0 saturated carbocycles. The number of benzene rings is 1. The van der Waals surface area contributed by atoms with Gasteiger partial charge in [0.2, 0.25) is 0 Å². The lowest BCUT2D eigenvalue weighted by Gasteiger charge is -2.50. The number of carbonyl (C=O) groups excluding carboxylic acids is 2. The molecule has 3 aliphatic heterocycles. The molecule has 0 radical (unpaired) electrons. The van der Waals surface area contributed by atoms with Crippen LogP contribution in [0.3, 0.4) is 0 Å². The maximum atomic E-state index is 14.4. The lowest BCUT2D eigenvalue weighted by Crippen LogP contribution is -2.61. The highest BCUT2D eigenvalue weighted by Gasteiger charge is 2.54. The second-order valence-corrected chi connectivity index (χ2v) is 18.6. The summed E-state index contributed by atoms with van der Waals surface area (Å²) in [4.78, 5) is 30.7. The first kappa shape index (κ1) is 50.3. The summed E-state index contributed by atoms with van der Waals surface area (Å²) in [5, 5.41) is 46.3. The van der Waals surface area contributed by atoms with Crippen LogP contribution in [0.15, 0.2) is 36.4 Å². The van der Waals surface area contributed by atoms with E-state index >= 15 is 0 Å². The number of esters is 1. The molecule has 0 aliphatic carbocycles. The summed E-state index contributed by atoms with van der Waals surface area (Å²) in [5.74, 6) is -4.67. The Morgan fingerprint density at radius 1 is 0.883 bits per heavy atom. The van der Waals surface area contributed by atoms with Gasteiger partial charge in [-0.2, -0.15) is 0 Å². The van der Waals surface area contributed by atoms with E-state index in [0.717, 1.165) is 5.56 Å². The van der Waals surface area contributed by atoms with E-state index in [9.17, 15) is 30.0 Å². The van der Waals surface area contributed by atoms with Crippen molar-refractivity contribution in [3.8, 4) is 0 Å². The summed E-state index contributed by atoms with van der Waals surface area (Å²) in [6.07, 6.45) is -5.37. The highest BCUT2D eigenvalue weighted by atomic mass is 16.7. The van der Waals surface area contributed by atoms with Crippen molar-refractivity contribution < 1.29 is 63.2 Å². The molecule has 3 heterocycles. The van der Waals surface area contributed by atoms with Gasteiger partial charge in [0.1, 0.15) is 29.7 Å². The first-order valence-electron chi connectivity index (χ1n) is 21.7. The monoisotopic (exact) mass is 850 g/mol. The summed E-state index contributed by atoms with van der Waals surface area (Å²) in [7, 11) is 5.28. The number of ether oxygens (including phenoxy) is 7. The zero-order valence-electron chi connectivity index (χ0n) is 38.1. The Bertz CT molecular complexity index is 1560. The molecule has 2 unspecified atom stereocenters. The Hall–Kier alpha value is -2.34. The van der Waals surface area contributed by atoms with Crippen LogP contribution in [0.2, 0.25) is 0 Å². The summed E-state index contributed by atoms with van der Waals surface area (Å²) in [6.45, 7) is 17.3. The van der Waals surface area contributed by atoms with Gasteiger partial charge in [-0.1, -0.05) is 70.2 Å². The van der Waals surface area contributed by atoms with E-state index in [2.05, 4.69) is 0 Å². The molecule has 3 aliphatic rings. The third-order valence-corrected chi connectivity index (χ3v) is 13.4. The van der Waals surface area contributed by atoms with Crippen LogP contribution in [0.1, 0.15) is 100 Å². The third-order valence-electron chi connectivity index (χ3n) is 13.4. The molecule has 342 valence electrons. The second kappa shape index (κ2) is 20.9. The van der Waals surface area contributed by atoms with Gasteiger partial charge in [-0.25, -0.2) is 0 Å². The van der Waals surface area contributed by atoms with Gasteiger partial charge in [0.05, 0.1) is 54.2 Å². The largest absolute Gasteiger partial charge is 0.459 e. The van der Waals surface area contributed by atoms with Crippen LogP contribution in [0.5, 0.6) is 0 Å². The smallest absolute Gasteiger partial charge is 0.311 e. The topological polar surface area (TPSA) is 183 Å². The maximum Gasteiger partial charge on any atom is 0.311 e. The van der Waals surface area contributed by atoms with E-state index in [1.807, 2.05) is 82.3 Å². The first-order valence-corrected chi connectivity index (χ1v) is 21.7. The number of carbonyl (C=O) groups is 2. The van der Waals surface area contributed by atoms with Gasteiger partial charge in [0.25, 0.3) is 0 Å². The van der Waals surface area contributed by atoms with E-state index < -0.39 is 102 Å². The number of nitrogens with zero attached hydrogens (tertiary/aromatic N) is 1. The normalized spacial score (nSPS) is 44.1. The minimum absolute atomic E-state index is 0.0718. The highest BCUT2D eigenvalue weighted by molar-refractivity contribution is 5.83. The number of Topliss-reactive ketones (excluding diaryl/α,β-unsaturated/α-hetero) is 1. The van der Waals surface area contributed by atoms with Crippen molar-refractivity contribution in [2.24, 2.45) is 23.7 Å². The van der Waals surface area contributed by atoms with Gasteiger partial charge in [0.15, 0.2) is 12.6 Å². The molecular formula is C46H75NO13. The number of cyclic esters (lactones) is 1. The number of methoxy groups -OCH3 is 1. The molecule has 3 fully saturated rings. The third kappa shape index (κ3) is 11.4. The fourth-order valence-corrected chi connectivity index (χ4v) is 9.51. The minimum Gasteiger partial charge on any atom is -0.459 e. The van der Waals surface area contributed by atoms with Crippen molar-refractivity contribution in [3.05, 3.63) is 42.0 Å². The molecule has 4 rings (SSSR count). The molecule has 60 heavy (non-hydrogen) atoms. The Balaban J connectivity index is 1.92. The van der Waals surface area contributed by atoms with E-state index in [0.29, 0.717) is 6.42 Å². The average Bonchev–Trinajstić information content (AvgIpc) is 3.20. The van der Waals surface area contributed by atoms with Gasteiger partial charge in [-0.05, 0) is 80.5 Å². The predicted octanol–water partition coefficient (Wildman–Crippen LogP) is 4.52. The van der Waals surface area contributed by atoms with E-state index in [-0.39, 0.29) is 43.8 Å². The van der Waals surface area contributed by atoms with Crippen LogP contribution < -0.4 is 0 Å².